The van der Waals surface area contributed by atoms with Gasteiger partial charge in [-0.3, -0.25) is 0 Å². The van der Waals surface area contributed by atoms with Crippen molar-refractivity contribution < 1.29 is 9.50 Å². The topological polar surface area (TPSA) is 32.3 Å². The molecule has 122 valence electrons. The minimum Gasteiger partial charge on any atom is -0.392 e. The van der Waals surface area contributed by atoms with Gasteiger partial charge in [-0.1, -0.05) is 37.3 Å². The monoisotopic (exact) mass is 313 g/mol. The second-order valence-corrected chi connectivity index (χ2v) is 6.56. The van der Waals surface area contributed by atoms with Crippen molar-refractivity contribution in [3.05, 3.63) is 70.5 Å². The van der Waals surface area contributed by atoms with Gasteiger partial charge in [0.05, 0.1) is 6.10 Å². The molecule has 3 rings (SSSR count). The van der Waals surface area contributed by atoms with Crippen LogP contribution in [-0.4, -0.2) is 24.8 Å². The molecule has 0 saturated carbocycles. The maximum atomic E-state index is 13.8. The fourth-order valence-electron chi connectivity index (χ4n) is 3.84. The lowest BCUT2D eigenvalue weighted by atomic mass is 9.79. The molecule has 0 heterocycles. The molecule has 1 aliphatic carbocycles. The van der Waals surface area contributed by atoms with E-state index in [-0.39, 0.29) is 17.7 Å². The summed E-state index contributed by atoms with van der Waals surface area (Å²) in [4.78, 5) is 0. The van der Waals surface area contributed by atoms with Gasteiger partial charge in [0.1, 0.15) is 5.82 Å². The number of hydrogen-bond donors (Lipinski definition) is 2. The molecule has 0 unspecified atom stereocenters. The molecule has 0 fully saturated rings. The third-order valence-corrected chi connectivity index (χ3v) is 5.00. The fraction of sp³-hybridized carbons (Fsp3) is 0.400. The normalized spacial score (nSPS) is 21.2. The van der Waals surface area contributed by atoms with Gasteiger partial charge in [-0.15, -0.1) is 0 Å². The predicted molar refractivity (Wildman–Crippen MR) is 91.4 cm³/mol. The number of nitrogens with one attached hydrogen (secondary N) is 1. The second-order valence-electron chi connectivity index (χ2n) is 6.56. The first-order valence-corrected chi connectivity index (χ1v) is 8.29. The SMILES string of the molecule is CNC[C@H](O)C[C@@H]1c2ccccc2Cc2ccc(F)cc2[C@H]1C. The standard InChI is InChI=1S/C20H24FNO/c1-13-19-10-16(21)8-7-15(19)9-14-5-3-4-6-18(14)20(13)11-17(23)12-22-2/h3-8,10,13,17,20,22-23H,9,11-12H2,1-2H3/t13-,17-,20+/m1/s1. The molecule has 3 heteroatoms. The number of aliphatic hydroxyl groups excluding tert-OH is 1. The van der Waals surface area contributed by atoms with E-state index in [2.05, 4.69) is 36.5 Å². The predicted octanol–water partition coefficient (Wildman–Crippen LogP) is 3.59. The van der Waals surface area contributed by atoms with Crippen LogP contribution in [0.3, 0.4) is 0 Å². The lowest BCUT2D eigenvalue weighted by Gasteiger charge is -2.27. The molecule has 0 radical (unpaired) electrons. The Labute approximate surface area is 137 Å². The van der Waals surface area contributed by atoms with E-state index < -0.39 is 6.10 Å². The first-order valence-electron chi connectivity index (χ1n) is 8.29. The lowest BCUT2D eigenvalue weighted by molar-refractivity contribution is 0.151. The van der Waals surface area contributed by atoms with Gasteiger partial charge in [0.25, 0.3) is 0 Å². The van der Waals surface area contributed by atoms with Gasteiger partial charge in [0, 0.05) is 6.54 Å². The van der Waals surface area contributed by atoms with Crippen molar-refractivity contribution >= 4 is 0 Å². The third-order valence-electron chi connectivity index (χ3n) is 5.00. The van der Waals surface area contributed by atoms with Gasteiger partial charge in [0.15, 0.2) is 0 Å². The Morgan fingerprint density at radius 2 is 1.91 bits per heavy atom. The highest BCUT2D eigenvalue weighted by Gasteiger charge is 2.30. The molecule has 0 aliphatic heterocycles. The van der Waals surface area contributed by atoms with Crippen molar-refractivity contribution in [3.63, 3.8) is 0 Å². The van der Waals surface area contributed by atoms with Crippen molar-refractivity contribution in [1.82, 2.24) is 5.32 Å². The molecule has 23 heavy (non-hydrogen) atoms. The number of fused-ring (bicyclic) bond motifs is 2. The number of hydrogen-bond acceptors (Lipinski definition) is 2. The van der Waals surface area contributed by atoms with Gasteiger partial charge in [-0.25, -0.2) is 4.39 Å². The van der Waals surface area contributed by atoms with Crippen LogP contribution in [0.5, 0.6) is 0 Å². The molecule has 0 bridgehead atoms. The van der Waals surface area contributed by atoms with E-state index >= 15 is 0 Å². The third kappa shape index (κ3) is 3.31. The highest BCUT2D eigenvalue weighted by molar-refractivity contribution is 5.45. The molecular weight excluding hydrogens is 289 g/mol. The maximum Gasteiger partial charge on any atom is 0.123 e. The number of rotatable bonds is 4. The first-order chi connectivity index (χ1) is 11.1. The summed E-state index contributed by atoms with van der Waals surface area (Å²) >= 11 is 0. The minimum absolute atomic E-state index is 0.177. The summed E-state index contributed by atoms with van der Waals surface area (Å²) in [6.45, 7) is 2.72. The van der Waals surface area contributed by atoms with Gasteiger partial charge in [-0.05, 0) is 66.1 Å². The Bertz CT molecular complexity index is 685. The minimum atomic E-state index is -0.407. The van der Waals surface area contributed by atoms with Crippen molar-refractivity contribution in [3.8, 4) is 0 Å². The van der Waals surface area contributed by atoms with Crippen molar-refractivity contribution in [2.24, 2.45) is 0 Å². The van der Waals surface area contributed by atoms with Gasteiger partial charge in [0.2, 0.25) is 0 Å². The van der Waals surface area contributed by atoms with Gasteiger partial charge < -0.3 is 10.4 Å². The molecule has 0 saturated heterocycles. The number of benzene rings is 2. The lowest BCUT2D eigenvalue weighted by Crippen LogP contribution is -2.26. The van der Waals surface area contributed by atoms with E-state index in [0.29, 0.717) is 13.0 Å². The quantitative estimate of drug-likeness (QED) is 0.904. The number of likely N-dealkylation sites (N-methyl/N-ethyl adjacent to an activating group) is 1. The Kier molecular flexibility index (Phi) is 4.79. The summed E-state index contributed by atoms with van der Waals surface area (Å²) in [5, 5.41) is 13.3. The average molecular weight is 313 g/mol. The van der Waals surface area contributed by atoms with E-state index in [4.69, 9.17) is 0 Å². The molecular formula is C20H24FNO. The van der Waals surface area contributed by atoms with Crippen LogP contribution in [0.4, 0.5) is 4.39 Å². The largest absolute Gasteiger partial charge is 0.392 e. The molecule has 1 aliphatic rings. The Morgan fingerprint density at radius 1 is 1.17 bits per heavy atom. The maximum absolute atomic E-state index is 13.8. The highest BCUT2D eigenvalue weighted by Crippen LogP contribution is 2.42. The van der Waals surface area contributed by atoms with Crippen LogP contribution in [0.2, 0.25) is 0 Å². The summed E-state index contributed by atoms with van der Waals surface area (Å²) in [6.07, 6.45) is 1.10. The van der Waals surface area contributed by atoms with Crippen molar-refractivity contribution in [2.45, 2.75) is 37.7 Å². The molecule has 0 aromatic heterocycles. The van der Waals surface area contributed by atoms with Crippen LogP contribution in [0.1, 0.15) is 47.4 Å². The zero-order valence-electron chi connectivity index (χ0n) is 13.7. The van der Waals surface area contributed by atoms with Crippen LogP contribution >= 0.6 is 0 Å². The summed E-state index contributed by atoms with van der Waals surface area (Å²) in [5.74, 6) is 0.185. The van der Waals surface area contributed by atoms with Crippen LogP contribution in [0.15, 0.2) is 42.5 Å². The second kappa shape index (κ2) is 6.81. The van der Waals surface area contributed by atoms with Crippen molar-refractivity contribution in [1.29, 1.82) is 0 Å². The molecule has 2 N–H and O–H groups in total. The number of aliphatic hydroxyl groups is 1. The van der Waals surface area contributed by atoms with Crippen molar-refractivity contribution in [2.75, 3.05) is 13.6 Å². The van der Waals surface area contributed by atoms with Crippen LogP contribution in [-0.2, 0) is 6.42 Å². The number of halogens is 1. The van der Waals surface area contributed by atoms with E-state index in [1.807, 2.05) is 13.1 Å². The molecule has 0 spiro atoms. The highest BCUT2D eigenvalue weighted by atomic mass is 19.1. The fourth-order valence-corrected chi connectivity index (χ4v) is 3.84. The van der Waals surface area contributed by atoms with E-state index in [1.54, 1.807) is 12.1 Å². The Balaban J connectivity index is 2.05. The zero-order valence-corrected chi connectivity index (χ0v) is 13.7. The Morgan fingerprint density at radius 3 is 2.70 bits per heavy atom. The van der Waals surface area contributed by atoms with Gasteiger partial charge >= 0.3 is 0 Å². The Hall–Kier alpha value is -1.71. The molecule has 2 aromatic rings. The summed E-state index contributed by atoms with van der Waals surface area (Å²) in [5.41, 5.74) is 4.83. The summed E-state index contributed by atoms with van der Waals surface area (Å²) in [6, 6.07) is 13.5. The van der Waals surface area contributed by atoms with Gasteiger partial charge in [-0.2, -0.15) is 0 Å². The van der Waals surface area contributed by atoms with Crippen LogP contribution in [0.25, 0.3) is 0 Å². The molecule has 2 aromatic carbocycles. The average Bonchev–Trinajstić information content (AvgIpc) is 2.64. The van der Waals surface area contributed by atoms with Crippen LogP contribution in [0, 0.1) is 5.82 Å². The smallest absolute Gasteiger partial charge is 0.123 e. The first kappa shape index (κ1) is 16.2. The molecule has 2 nitrogen and oxygen atoms in total. The summed E-state index contributed by atoms with van der Waals surface area (Å²) < 4.78 is 13.8. The van der Waals surface area contributed by atoms with E-state index in [0.717, 1.165) is 12.0 Å². The molecule has 3 atom stereocenters. The van der Waals surface area contributed by atoms with E-state index in [1.165, 1.54) is 16.7 Å². The zero-order chi connectivity index (χ0) is 16.4. The van der Waals surface area contributed by atoms with E-state index in [9.17, 15) is 9.50 Å². The molecule has 0 amide bonds. The van der Waals surface area contributed by atoms with Crippen LogP contribution < -0.4 is 5.32 Å². The summed E-state index contributed by atoms with van der Waals surface area (Å²) in [7, 11) is 1.85.